The molecule has 1 aromatic carbocycles. The average Bonchev–Trinajstić information content (AvgIpc) is 2.11. The van der Waals surface area contributed by atoms with E-state index in [0.717, 1.165) is 8.95 Å². The first kappa shape index (κ1) is 12.3. The molecule has 0 fully saturated rings. The minimum Gasteiger partial charge on any atom is -0.397 e. The minimum atomic E-state index is -0.271. The third-order valence-corrected chi connectivity index (χ3v) is 2.74. The number of hydrogen-bond acceptors (Lipinski definition) is 2. The molecule has 0 spiro atoms. The summed E-state index contributed by atoms with van der Waals surface area (Å²) in [6, 6.07) is 3.27. The van der Waals surface area contributed by atoms with Crippen LogP contribution < -0.4 is 16.4 Å². The number of hydrogen-bond donors (Lipinski definition) is 3. The summed E-state index contributed by atoms with van der Waals surface area (Å²) in [6.45, 7) is 2.42. The summed E-state index contributed by atoms with van der Waals surface area (Å²) in [4.78, 5) is 11.3. The van der Waals surface area contributed by atoms with Gasteiger partial charge in [0, 0.05) is 15.5 Å². The van der Waals surface area contributed by atoms with E-state index in [-0.39, 0.29) is 6.03 Å². The molecule has 0 aliphatic heterocycles. The molecule has 4 nitrogen and oxygen atoms in total. The van der Waals surface area contributed by atoms with Gasteiger partial charge in [-0.15, -0.1) is 0 Å². The van der Waals surface area contributed by atoms with Gasteiger partial charge < -0.3 is 16.4 Å². The fourth-order valence-electron chi connectivity index (χ4n) is 1.04. The lowest BCUT2D eigenvalue weighted by Crippen LogP contribution is -2.28. The van der Waals surface area contributed by atoms with Crippen molar-refractivity contribution in [2.45, 2.75) is 6.92 Å². The smallest absolute Gasteiger partial charge is 0.319 e. The van der Waals surface area contributed by atoms with Crippen LogP contribution in [0.4, 0.5) is 16.2 Å². The van der Waals surface area contributed by atoms with E-state index in [4.69, 9.17) is 5.73 Å². The maximum absolute atomic E-state index is 11.3. The molecular weight excluding hydrogens is 326 g/mol. The Morgan fingerprint density at radius 2 is 2.13 bits per heavy atom. The lowest BCUT2D eigenvalue weighted by Gasteiger charge is -2.11. The van der Waals surface area contributed by atoms with Crippen molar-refractivity contribution >= 4 is 49.3 Å². The Labute approximate surface area is 105 Å². The van der Waals surface area contributed by atoms with Gasteiger partial charge in [0.2, 0.25) is 0 Å². The summed E-state index contributed by atoms with van der Waals surface area (Å²) in [6.07, 6.45) is 0. The molecule has 0 aliphatic rings. The van der Waals surface area contributed by atoms with Crippen molar-refractivity contribution in [3.63, 3.8) is 0 Å². The van der Waals surface area contributed by atoms with Crippen molar-refractivity contribution in [3.05, 3.63) is 21.1 Å². The minimum absolute atomic E-state index is 0.271. The number of halogens is 2. The van der Waals surface area contributed by atoms with Crippen LogP contribution in [0.1, 0.15) is 6.92 Å². The van der Waals surface area contributed by atoms with Crippen molar-refractivity contribution in [2.24, 2.45) is 0 Å². The number of nitrogens with one attached hydrogen (secondary N) is 2. The van der Waals surface area contributed by atoms with E-state index in [1.165, 1.54) is 0 Å². The Balaban J connectivity index is 2.90. The third-order valence-electron chi connectivity index (χ3n) is 1.66. The molecule has 0 aliphatic carbocycles. The largest absolute Gasteiger partial charge is 0.397 e. The number of rotatable bonds is 2. The Morgan fingerprint density at radius 1 is 1.47 bits per heavy atom. The molecule has 2 amide bonds. The zero-order valence-electron chi connectivity index (χ0n) is 8.10. The second kappa shape index (κ2) is 5.37. The average molecular weight is 337 g/mol. The predicted molar refractivity (Wildman–Crippen MR) is 68.9 cm³/mol. The number of nitrogen functional groups attached to an aromatic ring is 1. The molecule has 0 atom stereocenters. The van der Waals surface area contributed by atoms with Crippen molar-refractivity contribution in [2.75, 3.05) is 17.6 Å². The van der Waals surface area contributed by atoms with Gasteiger partial charge in [0.15, 0.2) is 0 Å². The van der Waals surface area contributed by atoms with Crippen LogP contribution in [-0.2, 0) is 0 Å². The number of carbonyl (C=O) groups is 1. The molecule has 6 heteroatoms. The summed E-state index contributed by atoms with van der Waals surface area (Å²) >= 11 is 6.63. The monoisotopic (exact) mass is 335 g/mol. The van der Waals surface area contributed by atoms with Crippen molar-refractivity contribution in [3.8, 4) is 0 Å². The van der Waals surface area contributed by atoms with E-state index in [1.807, 2.05) is 13.0 Å². The summed E-state index contributed by atoms with van der Waals surface area (Å²) in [7, 11) is 0. The van der Waals surface area contributed by atoms with Crippen LogP contribution in [0, 0.1) is 0 Å². The molecule has 0 heterocycles. The topological polar surface area (TPSA) is 67.2 Å². The van der Waals surface area contributed by atoms with E-state index in [9.17, 15) is 4.79 Å². The molecule has 0 saturated carbocycles. The second-order valence-corrected chi connectivity index (χ2v) is 4.61. The van der Waals surface area contributed by atoms with E-state index >= 15 is 0 Å². The zero-order valence-corrected chi connectivity index (χ0v) is 11.3. The molecule has 0 aromatic heterocycles. The van der Waals surface area contributed by atoms with Gasteiger partial charge in [0.05, 0.1) is 11.4 Å². The molecular formula is C9H11Br2N3O. The molecule has 4 N–H and O–H groups in total. The number of carbonyl (C=O) groups excluding carboxylic acids is 1. The van der Waals surface area contributed by atoms with Gasteiger partial charge in [-0.2, -0.15) is 0 Å². The van der Waals surface area contributed by atoms with Crippen LogP contribution in [0.2, 0.25) is 0 Å². The second-order valence-electron chi connectivity index (χ2n) is 2.84. The lowest BCUT2D eigenvalue weighted by atomic mass is 10.3. The highest BCUT2D eigenvalue weighted by atomic mass is 79.9. The lowest BCUT2D eigenvalue weighted by molar-refractivity contribution is 0.252. The number of nitrogens with two attached hydrogens (primary N) is 1. The molecule has 0 bridgehead atoms. The molecule has 1 aromatic rings. The fourth-order valence-corrected chi connectivity index (χ4v) is 2.40. The van der Waals surface area contributed by atoms with Crippen molar-refractivity contribution in [1.29, 1.82) is 0 Å². The summed E-state index contributed by atoms with van der Waals surface area (Å²) < 4.78 is 1.59. The summed E-state index contributed by atoms with van der Waals surface area (Å²) in [5, 5.41) is 5.29. The zero-order chi connectivity index (χ0) is 11.4. The Hall–Kier alpha value is -0.750. The summed E-state index contributed by atoms with van der Waals surface area (Å²) in [5.41, 5.74) is 6.84. The van der Waals surface area contributed by atoms with Crippen molar-refractivity contribution < 1.29 is 4.79 Å². The van der Waals surface area contributed by atoms with Crippen LogP contribution >= 0.6 is 31.9 Å². The maximum atomic E-state index is 11.3. The molecule has 0 radical (unpaired) electrons. The molecule has 0 unspecified atom stereocenters. The number of anilines is 2. The van der Waals surface area contributed by atoms with Gasteiger partial charge >= 0.3 is 6.03 Å². The standard InChI is InChI=1S/C9H11Br2N3O/c1-2-13-9(15)14-8-6(11)3-5(10)4-7(8)12/h3-4H,2,12H2,1H3,(H2,13,14,15). The van der Waals surface area contributed by atoms with Crippen LogP contribution in [0.15, 0.2) is 21.1 Å². The van der Waals surface area contributed by atoms with Crippen LogP contribution in [-0.4, -0.2) is 12.6 Å². The van der Waals surface area contributed by atoms with Gasteiger partial charge in [-0.25, -0.2) is 4.79 Å². The molecule has 0 saturated heterocycles. The predicted octanol–water partition coefficient (Wildman–Crippen LogP) is 2.94. The third kappa shape index (κ3) is 3.39. The quantitative estimate of drug-likeness (QED) is 0.727. The van der Waals surface area contributed by atoms with E-state index < -0.39 is 0 Å². The SMILES string of the molecule is CCNC(=O)Nc1c(N)cc(Br)cc1Br. The summed E-state index contributed by atoms with van der Waals surface area (Å²) in [5.74, 6) is 0. The normalized spacial score (nSPS) is 9.80. The molecule has 1 rings (SSSR count). The van der Waals surface area contributed by atoms with Crippen LogP contribution in [0.25, 0.3) is 0 Å². The van der Waals surface area contributed by atoms with Gasteiger partial charge in [-0.05, 0) is 35.0 Å². The van der Waals surface area contributed by atoms with Gasteiger partial charge in [-0.3, -0.25) is 0 Å². The Morgan fingerprint density at radius 3 is 2.67 bits per heavy atom. The van der Waals surface area contributed by atoms with E-state index in [0.29, 0.717) is 17.9 Å². The Kier molecular flexibility index (Phi) is 4.41. The maximum Gasteiger partial charge on any atom is 0.319 e. The Bertz CT molecular complexity index is 359. The highest BCUT2D eigenvalue weighted by molar-refractivity contribution is 9.11. The van der Waals surface area contributed by atoms with Gasteiger partial charge in [0.1, 0.15) is 0 Å². The first-order valence-electron chi connectivity index (χ1n) is 4.34. The number of urea groups is 1. The first-order chi connectivity index (χ1) is 7.04. The number of benzene rings is 1. The van der Waals surface area contributed by atoms with Crippen LogP contribution in [0.3, 0.4) is 0 Å². The first-order valence-corrected chi connectivity index (χ1v) is 5.92. The highest BCUT2D eigenvalue weighted by Crippen LogP contribution is 2.32. The van der Waals surface area contributed by atoms with E-state index in [1.54, 1.807) is 6.07 Å². The number of amides is 2. The van der Waals surface area contributed by atoms with Crippen LogP contribution in [0.5, 0.6) is 0 Å². The fraction of sp³-hybridized carbons (Fsp3) is 0.222. The van der Waals surface area contributed by atoms with Gasteiger partial charge in [0.25, 0.3) is 0 Å². The highest BCUT2D eigenvalue weighted by Gasteiger charge is 2.08. The molecule has 82 valence electrons. The van der Waals surface area contributed by atoms with Crippen molar-refractivity contribution in [1.82, 2.24) is 5.32 Å². The van der Waals surface area contributed by atoms with Gasteiger partial charge in [-0.1, -0.05) is 15.9 Å². The van der Waals surface area contributed by atoms with E-state index in [2.05, 4.69) is 42.5 Å². The molecule has 15 heavy (non-hydrogen) atoms.